The smallest absolute Gasteiger partial charge is 0.342 e. The molecule has 0 fully saturated rings. The molecule has 35 heavy (non-hydrogen) atoms. The Kier molecular flexibility index (Phi) is 8.58. The van der Waals surface area contributed by atoms with Gasteiger partial charge < -0.3 is 15.2 Å². The lowest BCUT2D eigenvalue weighted by molar-refractivity contribution is -0.137. The summed E-state index contributed by atoms with van der Waals surface area (Å²) in [4.78, 5) is 24.8. The highest BCUT2D eigenvalue weighted by Crippen LogP contribution is 2.34. The van der Waals surface area contributed by atoms with E-state index in [1.807, 2.05) is 0 Å². The van der Waals surface area contributed by atoms with Crippen LogP contribution in [0, 0.1) is 0 Å². The normalized spacial score (nSPS) is 12.3. The summed E-state index contributed by atoms with van der Waals surface area (Å²) < 4.78 is 40.3. The molecule has 3 rings (SSSR count). The predicted molar refractivity (Wildman–Crippen MR) is 129 cm³/mol. The fraction of sp³-hybridized carbons (Fsp3) is 0.238. The van der Waals surface area contributed by atoms with Crippen LogP contribution < -0.4 is 10.6 Å². The van der Waals surface area contributed by atoms with Crippen LogP contribution in [0.3, 0.4) is 0 Å². The van der Waals surface area contributed by atoms with E-state index < -0.39 is 29.6 Å². The topological polar surface area (TPSA) is 88.9 Å². The number of nitrogens with one attached hydrogen (secondary N) is 2. The fourth-order valence-corrected chi connectivity index (χ4v) is 4.11. The Morgan fingerprint density at radius 3 is 2.40 bits per heavy atom. The Hall–Kier alpha value is -2.47. The largest absolute Gasteiger partial charge is 0.416 e. The molecular formula is C21H17Cl3F3N5O2S. The summed E-state index contributed by atoms with van der Waals surface area (Å²) in [7, 11) is 1.65. The summed E-state index contributed by atoms with van der Waals surface area (Å²) in [6, 6.07) is 6.61. The van der Waals surface area contributed by atoms with E-state index in [4.69, 9.17) is 34.8 Å². The number of hydrogen-bond acceptors (Lipinski definition) is 5. The highest BCUT2D eigenvalue weighted by molar-refractivity contribution is 7.99. The highest BCUT2D eigenvalue weighted by Gasteiger charge is 2.31. The lowest BCUT2D eigenvalue weighted by Gasteiger charge is -2.14. The molecule has 0 radical (unpaired) electrons. The molecule has 2 N–H and O–H groups in total. The molecule has 1 heterocycles. The molecule has 186 valence electrons. The molecule has 1 atom stereocenters. The van der Waals surface area contributed by atoms with Gasteiger partial charge in [0.1, 0.15) is 0 Å². The summed E-state index contributed by atoms with van der Waals surface area (Å²) in [6.45, 7) is 1.70. The molecule has 0 saturated carbocycles. The van der Waals surface area contributed by atoms with Gasteiger partial charge in [0.25, 0.3) is 5.91 Å². The van der Waals surface area contributed by atoms with Gasteiger partial charge >= 0.3 is 6.18 Å². The van der Waals surface area contributed by atoms with E-state index in [1.54, 1.807) is 18.5 Å². The summed E-state index contributed by atoms with van der Waals surface area (Å²) >= 11 is 18.8. The van der Waals surface area contributed by atoms with E-state index in [9.17, 15) is 22.8 Å². The molecule has 0 unspecified atom stereocenters. The highest BCUT2D eigenvalue weighted by atomic mass is 35.5. The van der Waals surface area contributed by atoms with Gasteiger partial charge in [-0.15, -0.1) is 10.2 Å². The molecule has 1 aromatic heterocycles. The van der Waals surface area contributed by atoms with Gasteiger partial charge in [-0.3, -0.25) is 9.59 Å². The van der Waals surface area contributed by atoms with Gasteiger partial charge in [-0.25, -0.2) is 0 Å². The number of nitrogens with zero attached hydrogens (tertiary/aromatic N) is 3. The summed E-state index contributed by atoms with van der Waals surface area (Å²) in [5.74, 6) is -0.725. The number of amides is 2. The fourth-order valence-electron chi connectivity index (χ4n) is 2.92. The number of carbonyl (C=O) groups is 2. The molecule has 0 bridgehead atoms. The van der Waals surface area contributed by atoms with Crippen molar-refractivity contribution in [1.29, 1.82) is 0 Å². The van der Waals surface area contributed by atoms with Crippen LogP contribution in [-0.4, -0.2) is 32.3 Å². The average molecular weight is 567 g/mol. The minimum absolute atomic E-state index is 0.0242. The zero-order valence-corrected chi connectivity index (χ0v) is 21.2. The van der Waals surface area contributed by atoms with Crippen molar-refractivity contribution < 1.29 is 22.8 Å². The third kappa shape index (κ3) is 6.81. The van der Waals surface area contributed by atoms with E-state index in [1.165, 1.54) is 18.2 Å². The van der Waals surface area contributed by atoms with Crippen molar-refractivity contribution in [2.45, 2.75) is 24.3 Å². The van der Waals surface area contributed by atoms with E-state index in [0.29, 0.717) is 21.6 Å². The maximum absolute atomic E-state index is 12.9. The van der Waals surface area contributed by atoms with Crippen molar-refractivity contribution in [2.24, 2.45) is 7.05 Å². The standard InChI is InChI=1S/C21H17Cl3F3N5O2S/c1-10(28-19(34)11-3-5-13(22)15(24)7-11)18-30-31-20(32(18)2)35-9-17(33)29-16-8-12(21(25,26)27)4-6-14(16)23/h3-8,10H,9H2,1-2H3,(H,28,34)(H,29,33)/t10-/m1/s1. The number of thioether (sulfide) groups is 1. The average Bonchev–Trinajstić information content (AvgIpc) is 3.15. The van der Waals surface area contributed by atoms with Gasteiger partial charge in [0.2, 0.25) is 5.91 Å². The SMILES string of the molecule is C[C@@H](NC(=O)c1ccc(Cl)c(Cl)c1)c1nnc(SCC(=O)Nc2cc(C(F)(F)F)ccc2Cl)n1C. The number of anilines is 1. The summed E-state index contributed by atoms with van der Waals surface area (Å²) in [6.07, 6.45) is -4.57. The van der Waals surface area contributed by atoms with E-state index in [-0.39, 0.29) is 21.5 Å². The van der Waals surface area contributed by atoms with Gasteiger partial charge in [-0.05, 0) is 43.3 Å². The van der Waals surface area contributed by atoms with Crippen LogP contribution >= 0.6 is 46.6 Å². The predicted octanol–water partition coefficient (Wildman–Crippen LogP) is 6.02. The van der Waals surface area contributed by atoms with Crippen molar-refractivity contribution in [3.05, 3.63) is 68.4 Å². The molecule has 0 saturated heterocycles. The first-order valence-corrected chi connectivity index (χ1v) is 11.9. The summed E-state index contributed by atoms with van der Waals surface area (Å²) in [5.41, 5.74) is -0.767. The van der Waals surface area contributed by atoms with Crippen molar-refractivity contribution in [3.63, 3.8) is 0 Å². The van der Waals surface area contributed by atoms with Crippen LogP contribution in [0.5, 0.6) is 0 Å². The van der Waals surface area contributed by atoms with Crippen molar-refractivity contribution in [3.8, 4) is 0 Å². The third-order valence-corrected chi connectivity index (χ3v) is 6.77. The first-order valence-electron chi connectivity index (χ1n) is 9.81. The second-order valence-corrected chi connectivity index (χ2v) is 9.42. The number of alkyl halides is 3. The molecule has 2 amide bonds. The lowest BCUT2D eigenvalue weighted by atomic mass is 10.2. The van der Waals surface area contributed by atoms with Crippen LogP contribution in [0.4, 0.5) is 18.9 Å². The molecule has 7 nitrogen and oxygen atoms in total. The number of carbonyl (C=O) groups excluding carboxylic acids is 2. The van der Waals surface area contributed by atoms with Crippen molar-refractivity contribution >= 4 is 64.1 Å². The van der Waals surface area contributed by atoms with E-state index in [2.05, 4.69) is 20.8 Å². The number of halogens is 6. The van der Waals surface area contributed by atoms with Crippen LogP contribution in [0.2, 0.25) is 15.1 Å². The van der Waals surface area contributed by atoms with Gasteiger partial charge in [-0.2, -0.15) is 13.2 Å². The Labute approximate surface area is 217 Å². The van der Waals surface area contributed by atoms with Gasteiger partial charge in [0.15, 0.2) is 11.0 Å². The first kappa shape index (κ1) is 27.1. The van der Waals surface area contributed by atoms with Gasteiger partial charge in [-0.1, -0.05) is 46.6 Å². The quantitative estimate of drug-likeness (QED) is 0.342. The lowest BCUT2D eigenvalue weighted by Crippen LogP contribution is -2.28. The van der Waals surface area contributed by atoms with Crippen LogP contribution in [0.1, 0.15) is 34.7 Å². The van der Waals surface area contributed by atoms with E-state index >= 15 is 0 Å². The van der Waals surface area contributed by atoms with Crippen molar-refractivity contribution in [1.82, 2.24) is 20.1 Å². The number of aromatic nitrogens is 3. The Morgan fingerprint density at radius 2 is 1.74 bits per heavy atom. The first-order chi connectivity index (χ1) is 16.4. The Balaban J connectivity index is 1.61. The van der Waals surface area contributed by atoms with E-state index in [0.717, 1.165) is 30.0 Å². The number of rotatable bonds is 7. The number of benzene rings is 2. The third-order valence-electron chi connectivity index (χ3n) is 4.69. The molecule has 14 heteroatoms. The Bertz CT molecular complexity index is 1270. The van der Waals surface area contributed by atoms with Gasteiger partial charge in [0, 0.05) is 12.6 Å². The summed E-state index contributed by atoms with van der Waals surface area (Å²) in [5, 5.41) is 14.1. The molecule has 0 spiro atoms. The van der Waals surface area contributed by atoms with Crippen molar-refractivity contribution in [2.75, 3.05) is 11.1 Å². The molecule has 0 aliphatic heterocycles. The zero-order valence-electron chi connectivity index (χ0n) is 18.1. The van der Waals surface area contributed by atoms with Crippen LogP contribution in [0.15, 0.2) is 41.6 Å². The zero-order chi connectivity index (χ0) is 25.9. The second-order valence-electron chi connectivity index (χ2n) is 7.25. The van der Waals surface area contributed by atoms with Crippen LogP contribution in [-0.2, 0) is 18.0 Å². The second kappa shape index (κ2) is 11.1. The Morgan fingerprint density at radius 1 is 1.06 bits per heavy atom. The minimum atomic E-state index is -4.57. The molecule has 2 aromatic carbocycles. The minimum Gasteiger partial charge on any atom is -0.342 e. The van der Waals surface area contributed by atoms with Crippen LogP contribution in [0.25, 0.3) is 0 Å². The maximum Gasteiger partial charge on any atom is 0.416 e. The molecular weight excluding hydrogens is 550 g/mol. The molecule has 0 aliphatic carbocycles. The van der Waals surface area contributed by atoms with Gasteiger partial charge in [0.05, 0.1) is 38.1 Å². The molecule has 3 aromatic rings. The number of hydrogen-bond donors (Lipinski definition) is 2. The monoisotopic (exact) mass is 565 g/mol. The maximum atomic E-state index is 12.9. The molecule has 0 aliphatic rings.